The van der Waals surface area contributed by atoms with E-state index in [1.54, 1.807) is 0 Å². The minimum absolute atomic E-state index is 0.229. The van der Waals surface area contributed by atoms with Crippen LogP contribution in [-0.2, 0) is 5.41 Å². The molecule has 1 heterocycles. The van der Waals surface area contributed by atoms with Crippen LogP contribution >= 0.6 is 0 Å². The van der Waals surface area contributed by atoms with Crippen LogP contribution in [-0.4, -0.2) is 0 Å². The molecule has 0 amide bonds. The second-order valence-corrected chi connectivity index (χ2v) is 15.9. The van der Waals surface area contributed by atoms with Gasteiger partial charge in [-0.25, -0.2) is 0 Å². The average Bonchev–Trinajstić information content (AvgIpc) is 3.74. The summed E-state index contributed by atoms with van der Waals surface area (Å²) in [4.78, 5) is 0. The summed E-state index contributed by atoms with van der Waals surface area (Å²) < 4.78 is 6.13. The molecular weight excluding hydrogens is 677 g/mol. The number of hydrogen-bond acceptors (Lipinski definition) is 1. The summed E-state index contributed by atoms with van der Waals surface area (Å²) in [6.45, 7) is 4.88. The van der Waals surface area contributed by atoms with Gasteiger partial charge in [0.2, 0.25) is 0 Å². The zero-order valence-electron chi connectivity index (χ0n) is 31.2. The van der Waals surface area contributed by atoms with E-state index in [2.05, 4.69) is 184 Å². The normalized spacial score (nSPS) is 13.3. The molecule has 1 aromatic heterocycles. The predicted octanol–water partition coefficient (Wildman–Crippen LogP) is 15.5. The molecule has 56 heavy (non-hydrogen) atoms. The first-order chi connectivity index (χ1) is 27.6. The molecule has 1 heteroatoms. The SMILES string of the molecule is CC1(C)c2c(-c3c4ccccc4c(-c4ccc(-c5ccc6oc7ccccc7c6c5)cc4)c4ccccc34)cccc2-c2c1c1ccccc1c1ccccc21. The highest BCUT2D eigenvalue weighted by atomic mass is 16.3. The monoisotopic (exact) mass is 712 g/mol. The third-order valence-corrected chi connectivity index (χ3v) is 12.6. The number of rotatable bonds is 3. The first-order valence-corrected chi connectivity index (χ1v) is 19.6. The van der Waals surface area contributed by atoms with Crippen molar-refractivity contribution in [3.05, 3.63) is 193 Å². The largest absolute Gasteiger partial charge is 0.456 e. The Balaban J connectivity index is 1.07. The van der Waals surface area contributed by atoms with Crippen LogP contribution in [0.15, 0.2) is 186 Å². The average molecular weight is 713 g/mol. The van der Waals surface area contributed by atoms with Gasteiger partial charge in [0.15, 0.2) is 0 Å². The van der Waals surface area contributed by atoms with Crippen LogP contribution in [0, 0.1) is 0 Å². The number of furan rings is 1. The molecule has 0 saturated carbocycles. The molecule has 10 aromatic carbocycles. The van der Waals surface area contributed by atoms with Gasteiger partial charge in [0.1, 0.15) is 11.2 Å². The Labute approximate surface area is 325 Å². The topological polar surface area (TPSA) is 13.1 Å². The van der Waals surface area contributed by atoms with Crippen molar-refractivity contribution in [1.29, 1.82) is 0 Å². The van der Waals surface area contributed by atoms with Crippen molar-refractivity contribution in [2.75, 3.05) is 0 Å². The standard InChI is InChI=1S/C55H36O/c1-55(2)53-45(23-13-24-46(53)52-39-17-5-3-14-36(39)37-15-4-10-22-44(37)54(52)55)51-42-20-8-6-18-40(42)50(41-19-7-9-21-43(41)51)34-28-26-33(27-29-34)35-30-31-49-47(32-35)38-16-11-12-25-48(38)56-49/h3-32H,1-2H3. The summed E-state index contributed by atoms with van der Waals surface area (Å²) in [6.07, 6.45) is 0. The Kier molecular flexibility index (Phi) is 6.46. The molecule has 12 rings (SSSR count). The van der Waals surface area contributed by atoms with Crippen molar-refractivity contribution in [2.45, 2.75) is 19.3 Å². The predicted molar refractivity (Wildman–Crippen MR) is 238 cm³/mol. The summed E-state index contributed by atoms with van der Waals surface area (Å²) in [5, 5.41) is 12.7. The molecule has 1 aliphatic carbocycles. The lowest BCUT2D eigenvalue weighted by Gasteiger charge is -2.27. The molecule has 262 valence electrons. The molecule has 0 unspecified atom stereocenters. The van der Waals surface area contributed by atoms with Crippen LogP contribution in [0.3, 0.4) is 0 Å². The smallest absolute Gasteiger partial charge is 0.135 e. The third kappa shape index (κ3) is 4.26. The van der Waals surface area contributed by atoms with Crippen LogP contribution in [0.4, 0.5) is 0 Å². The van der Waals surface area contributed by atoms with E-state index in [1.165, 1.54) is 98.7 Å². The van der Waals surface area contributed by atoms with Crippen molar-refractivity contribution < 1.29 is 4.42 Å². The fourth-order valence-corrected chi connectivity index (χ4v) is 10.3. The highest BCUT2D eigenvalue weighted by molar-refractivity contribution is 6.23. The lowest BCUT2D eigenvalue weighted by atomic mass is 9.75. The van der Waals surface area contributed by atoms with E-state index in [4.69, 9.17) is 4.42 Å². The van der Waals surface area contributed by atoms with Crippen molar-refractivity contribution in [3.63, 3.8) is 0 Å². The Morgan fingerprint density at radius 1 is 0.304 bits per heavy atom. The molecule has 0 radical (unpaired) electrons. The molecule has 0 N–H and O–H groups in total. The van der Waals surface area contributed by atoms with E-state index < -0.39 is 0 Å². The van der Waals surface area contributed by atoms with Crippen molar-refractivity contribution >= 4 is 65.0 Å². The molecule has 0 bridgehead atoms. The van der Waals surface area contributed by atoms with Crippen LogP contribution in [0.1, 0.15) is 25.0 Å². The maximum Gasteiger partial charge on any atom is 0.135 e. The number of para-hydroxylation sites is 1. The van der Waals surface area contributed by atoms with Gasteiger partial charge in [0.25, 0.3) is 0 Å². The summed E-state index contributed by atoms with van der Waals surface area (Å²) >= 11 is 0. The molecule has 0 aliphatic heterocycles. The minimum atomic E-state index is -0.229. The number of benzene rings is 10. The summed E-state index contributed by atoms with van der Waals surface area (Å²) in [5.74, 6) is 0. The van der Waals surface area contributed by atoms with Gasteiger partial charge in [0, 0.05) is 16.2 Å². The van der Waals surface area contributed by atoms with Gasteiger partial charge in [-0.2, -0.15) is 0 Å². The van der Waals surface area contributed by atoms with E-state index in [0.717, 1.165) is 21.9 Å². The zero-order valence-corrected chi connectivity index (χ0v) is 31.2. The van der Waals surface area contributed by atoms with Crippen LogP contribution in [0.5, 0.6) is 0 Å². The van der Waals surface area contributed by atoms with E-state index >= 15 is 0 Å². The van der Waals surface area contributed by atoms with Gasteiger partial charge < -0.3 is 4.42 Å². The summed E-state index contributed by atoms with van der Waals surface area (Å²) in [5.41, 5.74) is 14.7. The maximum atomic E-state index is 6.13. The summed E-state index contributed by atoms with van der Waals surface area (Å²) in [7, 11) is 0. The molecule has 0 spiro atoms. The Hall–Kier alpha value is -6.96. The Morgan fingerprint density at radius 2 is 0.750 bits per heavy atom. The fraction of sp³-hybridized carbons (Fsp3) is 0.0545. The number of fused-ring (bicyclic) bond motifs is 13. The molecule has 0 fully saturated rings. The first kappa shape index (κ1) is 31.4. The van der Waals surface area contributed by atoms with E-state index in [-0.39, 0.29) is 5.41 Å². The maximum absolute atomic E-state index is 6.13. The molecule has 1 nitrogen and oxygen atoms in total. The molecule has 0 saturated heterocycles. The van der Waals surface area contributed by atoms with Crippen molar-refractivity contribution in [1.82, 2.24) is 0 Å². The molecule has 11 aromatic rings. The van der Waals surface area contributed by atoms with Gasteiger partial charge in [-0.15, -0.1) is 0 Å². The van der Waals surface area contributed by atoms with Gasteiger partial charge in [-0.05, 0) is 117 Å². The molecular formula is C55H36O. The number of hydrogen-bond donors (Lipinski definition) is 0. The second kappa shape index (κ2) is 11.5. The van der Waals surface area contributed by atoms with E-state index in [0.29, 0.717) is 0 Å². The lowest BCUT2D eigenvalue weighted by Crippen LogP contribution is -2.17. The summed E-state index contributed by atoms with van der Waals surface area (Å²) in [6, 6.07) is 67.0. The second-order valence-electron chi connectivity index (χ2n) is 15.9. The lowest BCUT2D eigenvalue weighted by molar-refractivity contribution is 0.668. The zero-order chi connectivity index (χ0) is 37.1. The highest BCUT2D eigenvalue weighted by Gasteiger charge is 2.40. The fourth-order valence-electron chi connectivity index (χ4n) is 10.3. The van der Waals surface area contributed by atoms with E-state index in [1.807, 2.05) is 12.1 Å². The van der Waals surface area contributed by atoms with Gasteiger partial charge in [0.05, 0.1) is 0 Å². The van der Waals surface area contributed by atoms with Gasteiger partial charge in [-0.1, -0.05) is 178 Å². The van der Waals surface area contributed by atoms with E-state index in [9.17, 15) is 0 Å². The van der Waals surface area contributed by atoms with Crippen LogP contribution in [0.2, 0.25) is 0 Å². The van der Waals surface area contributed by atoms with Crippen molar-refractivity contribution in [2.24, 2.45) is 0 Å². The van der Waals surface area contributed by atoms with Crippen LogP contribution in [0.25, 0.3) is 110 Å². The first-order valence-electron chi connectivity index (χ1n) is 19.6. The highest BCUT2D eigenvalue weighted by Crippen LogP contribution is 2.58. The van der Waals surface area contributed by atoms with Crippen LogP contribution < -0.4 is 0 Å². The molecule has 1 aliphatic rings. The molecule has 0 atom stereocenters. The van der Waals surface area contributed by atoms with Gasteiger partial charge >= 0.3 is 0 Å². The third-order valence-electron chi connectivity index (χ3n) is 12.6. The van der Waals surface area contributed by atoms with Gasteiger partial charge in [-0.3, -0.25) is 0 Å². The quantitative estimate of drug-likeness (QED) is 0.131. The minimum Gasteiger partial charge on any atom is -0.456 e. The van der Waals surface area contributed by atoms with Crippen molar-refractivity contribution in [3.8, 4) is 44.5 Å². The Morgan fingerprint density at radius 3 is 1.39 bits per heavy atom. The Bertz CT molecular complexity index is 3370.